The maximum Gasteiger partial charge on any atom is 0.312 e. The smallest absolute Gasteiger partial charge is 0.312 e. The molecule has 0 saturated carbocycles. The number of carbonyl (C=O) groups is 1. The van der Waals surface area contributed by atoms with Crippen molar-refractivity contribution in [3.8, 4) is 0 Å². The molecule has 0 saturated heterocycles. The van der Waals surface area contributed by atoms with Gasteiger partial charge in [0.15, 0.2) is 0 Å². The van der Waals surface area contributed by atoms with Crippen LogP contribution in [0.25, 0.3) is 0 Å². The molecule has 0 aliphatic heterocycles. The van der Waals surface area contributed by atoms with Gasteiger partial charge >= 0.3 is 6.47 Å². The minimum absolute atomic E-state index is 0.153. The highest BCUT2D eigenvalue weighted by Gasteiger charge is 1.74. The Morgan fingerprint density at radius 3 is 2.50 bits per heavy atom. The van der Waals surface area contributed by atoms with Crippen molar-refractivity contribution in [2.75, 3.05) is 0 Å². The second kappa shape index (κ2) is 6.25. The molecule has 10 heavy (non-hydrogen) atoms. The molecule has 0 unspecified atom stereocenters. The van der Waals surface area contributed by atoms with E-state index in [1.54, 1.807) is 11.3 Å². The van der Waals surface area contributed by atoms with Crippen LogP contribution in [0.2, 0.25) is 0 Å². The van der Waals surface area contributed by atoms with Crippen LogP contribution in [0.3, 0.4) is 0 Å². The molecule has 0 aliphatic rings. The van der Waals surface area contributed by atoms with Crippen molar-refractivity contribution in [2.24, 2.45) is 5.90 Å². The molecule has 0 aromatic carbocycles. The molecule has 0 atom stereocenters. The van der Waals surface area contributed by atoms with Gasteiger partial charge in [0.1, 0.15) is 0 Å². The molecule has 0 fully saturated rings. The third-order valence-corrected chi connectivity index (χ3v) is 1.52. The summed E-state index contributed by atoms with van der Waals surface area (Å²) in [6, 6.07) is 2.10. The lowest BCUT2D eigenvalue weighted by Gasteiger charge is -1.66. The Morgan fingerprint density at radius 2 is 2.40 bits per heavy atom. The Morgan fingerprint density at radius 1 is 1.80 bits per heavy atom. The minimum Gasteiger partial charge on any atom is -0.376 e. The quantitative estimate of drug-likeness (QED) is 0.493. The van der Waals surface area contributed by atoms with Gasteiger partial charge in [-0.2, -0.15) is 17.2 Å². The lowest BCUT2D eigenvalue weighted by Crippen LogP contribution is -1.92. The molecule has 0 spiro atoms. The van der Waals surface area contributed by atoms with Crippen molar-refractivity contribution in [3.05, 3.63) is 22.4 Å². The summed E-state index contributed by atoms with van der Waals surface area (Å²) < 4.78 is 0. The molecule has 1 aromatic heterocycles. The van der Waals surface area contributed by atoms with Crippen LogP contribution in [-0.4, -0.2) is 6.47 Å². The van der Waals surface area contributed by atoms with Crippen molar-refractivity contribution in [3.63, 3.8) is 0 Å². The molecular formula is C6H9NO2S. The summed E-state index contributed by atoms with van der Waals surface area (Å²) in [5.41, 5.74) is 1.36. The summed E-state index contributed by atoms with van der Waals surface area (Å²) >= 11 is 1.74. The zero-order valence-electron chi connectivity index (χ0n) is 5.61. The van der Waals surface area contributed by atoms with E-state index in [4.69, 9.17) is 4.79 Å². The summed E-state index contributed by atoms with van der Waals surface area (Å²) in [6.07, 6.45) is 0. The number of hydrogen-bond donors (Lipinski definition) is 1. The highest BCUT2D eigenvalue weighted by atomic mass is 32.1. The molecule has 2 N–H and O–H groups in total. The van der Waals surface area contributed by atoms with Gasteiger partial charge < -0.3 is 4.84 Å². The predicted octanol–water partition coefficient (Wildman–Crippen LogP) is 1.09. The van der Waals surface area contributed by atoms with Crippen LogP contribution < -0.4 is 5.90 Å². The molecule has 0 aliphatic carbocycles. The molecule has 0 radical (unpaired) electrons. The Kier molecular flexibility index (Phi) is 5.71. The summed E-state index contributed by atoms with van der Waals surface area (Å²) in [4.78, 5) is 12.2. The molecule has 56 valence electrons. The van der Waals surface area contributed by atoms with Gasteiger partial charge in [0, 0.05) is 0 Å². The SMILES string of the molecule is Cc1ccsc1.NOC=O. The van der Waals surface area contributed by atoms with E-state index in [-0.39, 0.29) is 6.47 Å². The summed E-state index contributed by atoms with van der Waals surface area (Å²) in [5, 5.41) is 4.20. The van der Waals surface area contributed by atoms with Gasteiger partial charge in [-0.15, -0.1) is 0 Å². The lowest BCUT2D eigenvalue weighted by atomic mass is 10.4. The Labute approximate surface area is 63.4 Å². The van der Waals surface area contributed by atoms with Crippen molar-refractivity contribution in [1.82, 2.24) is 0 Å². The first-order chi connectivity index (χ1) is 4.81. The number of rotatable bonds is 1. The minimum atomic E-state index is 0.153. The Hall–Kier alpha value is -0.870. The van der Waals surface area contributed by atoms with E-state index in [0.29, 0.717) is 0 Å². The molecule has 1 heterocycles. The molecule has 0 amide bonds. The van der Waals surface area contributed by atoms with Gasteiger partial charge in [0.2, 0.25) is 0 Å². The summed E-state index contributed by atoms with van der Waals surface area (Å²) in [6.45, 7) is 2.25. The molecular weight excluding hydrogens is 150 g/mol. The fourth-order valence-electron chi connectivity index (χ4n) is 0.333. The molecule has 1 aromatic rings. The van der Waals surface area contributed by atoms with Crippen LogP contribution in [0.5, 0.6) is 0 Å². The maximum absolute atomic E-state index is 8.83. The monoisotopic (exact) mass is 159 g/mol. The third-order valence-electron chi connectivity index (χ3n) is 0.719. The van der Waals surface area contributed by atoms with Gasteiger partial charge in [-0.25, -0.2) is 0 Å². The number of aryl methyl sites for hydroxylation is 1. The number of thiophene rings is 1. The van der Waals surface area contributed by atoms with Crippen LogP contribution in [0, 0.1) is 6.92 Å². The molecule has 4 heteroatoms. The highest BCUT2D eigenvalue weighted by Crippen LogP contribution is 2.01. The number of hydrogen-bond acceptors (Lipinski definition) is 4. The fraction of sp³-hybridized carbons (Fsp3) is 0.167. The molecule has 3 nitrogen and oxygen atoms in total. The van der Waals surface area contributed by atoms with E-state index in [1.165, 1.54) is 5.56 Å². The highest BCUT2D eigenvalue weighted by molar-refractivity contribution is 7.07. The Balaban J connectivity index is 0.000000180. The zero-order chi connectivity index (χ0) is 7.82. The van der Waals surface area contributed by atoms with Crippen LogP contribution in [0.1, 0.15) is 5.56 Å². The molecule has 0 bridgehead atoms. The summed E-state index contributed by atoms with van der Waals surface area (Å²) in [7, 11) is 0. The molecule has 1 rings (SSSR count). The number of carbonyl (C=O) groups excluding carboxylic acids is 1. The first-order valence-electron chi connectivity index (χ1n) is 2.59. The van der Waals surface area contributed by atoms with E-state index < -0.39 is 0 Å². The predicted molar refractivity (Wildman–Crippen MR) is 40.4 cm³/mol. The van der Waals surface area contributed by atoms with Gasteiger partial charge in [0.25, 0.3) is 0 Å². The topological polar surface area (TPSA) is 52.3 Å². The third kappa shape index (κ3) is 5.27. The van der Waals surface area contributed by atoms with Crippen molar-refractivity contribution < 1.29 is 9.63 Å². The zero-order valence-corrected chi connectivity index (χ0v) is 6.43. The Bertz CT molecular complexity index is 162. The average Bonchev–Trinajstić information content (AvgIpc) is 2.40. The van der Waals surface area contributed by atoms with E-state index in [2.05, 4.69) is 34.5 Å². The van der Waals surface area contributed by atoms with Crippen molar-refractivity contribution in [1.29, 1.82) is 0 Å². The van der Waals surface area contributed by atoms with E-state index >= 15 is 0 Å². The second-order valence-corrected chi connectivity index (χ2v) is 2.31. The van der Waals surface area contributed by atoms with E-state index in [1.807, 2.05) is 0 Å². The van der Waals surface area contributed by atoms with E-state index in [0.717, 1.165) is 0 Å². The van der Waals surface area contributed by atoms with Crippen molar-refractivity contribution in [2.45, 2.75) is 6.92 Å². The first kappa shape index (κ1) is 9.13. The van der Waals surface area contributed by atoms with Crippen molar-refractivity contribution >= 4 is 17.8 Å². The van der Waals surface area contributed by atoms with Crippen LogP contribution in [-0.2, 0) is 9.63 Å². The largest absolute Gasteiger partial charge is 0.376 e. The normalized spacial score (nSPS) is 7.40. The fourth-order valence-corrected chi connectivity index (χ4v) is 0.998. The van der Waals surface area contributed by atoms with E-state index in [9.17, 15) is 0 Å². The van der Waals surface area contributed by atoms with Crippen LogP contribution in [0.15, 0.2) is 16.8 Å². The van der Waals surface area contributed by atoms with Gasteiger partial charge in [-0.3, -0.25) is 4.79 Å². The van der Waals surface area contributed by atoms with Crippen LogP contribution in [0.4, 0.5) is 0 Å². The number of nitrogens with two attached hydrogens (primary N) is 1. The van der Waals surface area contributed by atoms with Gasteiger partial charge in [-0.05, 0) is 29.3 Å². The maximum atomic E-state index is 8.83. The lowest BCUT2D eigenvalue weighted by molar-refractivity contribution is -0.129. The summed E-state index contributed by atoms with van der Waals surface area (Å²) in [5.74, 6) is 4.16. The van der Waals surface area contributed by atoms with Crippen LogP contribution >= 0.6 is 11.3 Å². The van der Waals surface area contributed by atoms with Gasteiger partial charge in [-0.1, -0.05) is 0 Å². The standard InChI is InChI=1S/C5H6S.CH3NO2/c1-5-2-3-6-4-5;2-4-1-3/h2-4H,1H3;1H,2H2. The average molecular weight is 159 g/mol. The first-order valence-corrected chi connectivity index (χ1v) is 3.53. The van der Waals surface area contributed by atoms with Gasteiger partial charge in [0.05, 0.1) is 0 Å². The second-order valence-electron chi connectivity index (χ2n) is 1.53.